The fourth-order valence-electron chi connectivity index (χ4n) is 2.17. The Labute approximate surface area is 126 Å². The van der Waals surface area contributed by atoms with E-state index < -0.39 is 10.0 Å². The minimum atomic E-state index is -3.03. The SMILES string of the molecule is CS(=O)(=O)N1CCC(Cn2cc(N)cn2)CC1.Cl.Cl. The normalized spacial score (nSPS) is 17.5. The molecule has 0 unspecified atom stereocenters. The van der Waals surface area contributed by atoms with E-state index in [2.05, 4.69) is 5.10 Å². The van der Waals surface area contributed by atoms with Gasteiger partial charge in [-0.3, -0.25) is 4.68 Å². The molecule has 1 aromatic rings. The number of nitrogens with two attached hydrogens (primary N) is 1. The van der Waals surface area contributed by atoms with E-state index in [9.17, 15) is 8.42 Å². The van der Waals surface area contributed by atoms with Gasteiger partial charge < -0.3 is 5.73 Å². The van der Waals surface area contributed by atoms with Crippen LogP contribution >= 0.6 is 24.8 Å². The van der Waals surface area contributed by atoms with E-state index >= 15 is 0 Å². The van der Waals surface area contributed by atoms with Crippen LogP contribution in [-0.4, -0.2) is 41.8 Å². The molecule has 1 fully saturated rings. The average Bonchev–Trinajstić information content (AvgIpc) is 2.63. The lowest BCUT2D eigenvalue weighted by atomic mass is 9.98. The Bertz CT molecular complexity index is 483. The van der Waals surface area contributed by atoms with Gasteiger partial charge in [0.15, 0.2) is 0 Å². The molecule has 0 saturated carbocycles. The van der Waals surface area contributed by atoms with Crippen molar-refractivity contribution >= 4 is 40.5 Å². The highest BCUT2D eigenvalue weighted by molar-refractivity contribution is 7.88. The van der Waals surface area contributed by atoms with Crippen molar-refractivity contribution in [3.05, 3.63) is 12.4 Å². The Morgan fingerprint density at radius 1 is 1.37 bits per heavy atom. The standard InChI is InChI=1S/C10H18N4O2S.2ClH/c1-17(15,16)14-4-2-9(3-5-14)7-13-8-10(11)6-12-13;;/h6,8-9H,2-5,7,11H2,1H3;2*1H. The van der Waals surface area contributed by atoms with Crippen molar-refractivity contribution in [3.8, 4) is 0 Å². The van der Waals surface area contributed by atoms with Crippen LogP contribution in [0.1, 0.15) is 12.8 Å². The van der Waals surface area contributed by atoms with Crippen LogP contribution in [0.5, 0.6) is 0 Å². The molecule has 2 heterocycles. The molecule has 0 aliphatic carbocycles. The zero-order valence-corrected chi connectivity index (χ0v) is 13.2. The lowest BCUT2D eigenvalue weighted by Gasteiger charge is -2.30. The monoisotopic (exact) mass is 330 g/mol. The maximum absolute atomic E-state index is 11.3. The van der Waals surface area contributed by atoms with Gasteiger partial charge in [-0.15, -0.1) is 24.8 Å². The molecule has 19 heavy (non-hydrogen) atoms. The van der Waals surface area contributed by atoms with Gasteiger partial charge in [-0.1, -0.05) is 0 Å². The van der Waals surface area contributed by atoms with E-state index in [-0.39, 0.29) is 24.8 Å². The van der Waals surface area contributed by atoms with Crippen molar-refractivity contribution in [2.75, 3.05) is 25.1 Å². The van der Waals surface area contributed by atoms with E-state index in [4.69, 9.17) is 5.73 Å². The largest absolute Gasteiger partial charge is 0.396 e. The summed E-state index contributed by atoms with van der Waals surface area (Å²) in [5.41, 5.74) is 6.26. The van der Waals surface area contributed by atoms with Crippen LogP contribution in [0.4, 0.5) is 5.69 Å². The molecule has 0 spiro atoms. The predicted molar refractivity (Wildman–Crippen MR) is 80.3 cm³/mol. The Kier molecular flexibility index (Phi) is 7.13. The lowest BCUT2D eigenvalue weighted by Crippen LogP contribution is -2.38. The summed E-state index contributed by atoms with van der Waals surface area (Å²) in [6.45, 7) is 2.04. The average molecular weight is 331 g/mol. The Morgan fingerprint density at radius 2 is 1.95 bits per heavy atom. The van der Waals surface area contributed by atoms with E-state index in [1.54, 1.807) is 10.5 Å². The number of nitrogens with zero attached hydrogens (tertiary/aromatic N) is 3. The van der Waals surface area contributed by atoms with Gasteiger partial charge in [0.2, 0.25) is 10.0 Å². The minimum Gasteiger partial charge on any atom is -0.396 e. The van der Waals surface area contributed by atoms with Crippen LogP contribution in [0.3, 0.4) is 0 Å². The number of piperidine rings is 1. The van der Waals surface area contributed by atoms with Crippen molar-refractivity contribution in [2.45, 2.75) is 19.4 Å². The second-order valence-electron chi connectivity index (χ2n) is 4.60. The quantitative estimate of drug-likeness (QED) is 0.895. The first kappa shape index (κ1) is 18.5. The second-order valence-corrected chi connectivity index (χ2v) is 6.58. The molecule has 0 amide bonds. The first-order chi connectivity index (χ1) is 7.95. The third-order valence-electron chi connectivity index (χ3n) is 3.14. The smallest absolute Gasteiger partial charge is 0.211 e. The maximum atomic E-state index is 11.3. The zero-order valence-electron chi connectivity index (χ0n) is 10.7. The highest BCUT2D eigenvalue weighted by Gasteiger charge is 2.25. The predicted octanol–water partition coefficient (Wildman–Crippen LogP) is 0.980. The van der Waals surface area contributed by atoms with Gasteiger partial charge in [0.1, 0.15) is 0 Å². The molecule has 1 saturated heterocycles. The Hall–Kier alpha value is -0.500. The molecular formula is C10H20Cl2N4O2S. The minimum absolute atomic E-state index is 0. The Morgan fingerprint density at radius 3 is 2.37 bits per heavy atom. The molecule has 0 atom stereocenters. The third-order valence-corrected chi connectivity index (χ3v) is 4.44. The van der Waals surface area contributed by atoms with Crippen molar-refractivity contribution in [3.63, 3.8) is 0 Å². The summed E-state index contributed by atoms with van der Waals surface area (Å²) in [7, 11) is -3.03. The first-order valence-electron chi connectivity index (χ1n) is 5.68. The number of rotatable bonds is 3. The van der Waals surface area contributed by atoms with Gasteiger partial charge in [0.25, 0.3) is 0 Å². The summed E-state index contributed by atoms with van der Waals surface area (Å²) in [4.78, 5) is 0. The zero-order chi connectivity index (χ0) is 12.5. The van der Waals surface area contributed by atoms with Gasteiger partial charge >= 0.3 is 0 Å². The number of sulfonamides is 1. The molecule has 0 bridgehead atoms. The van der Waals surface area contributed by atoms with Gasteiger partial charge in [-0.05, 0) is 18.8 Å². The first-order valence-corrected chi connectivity index (χ1v) is 7.53. The summed E-state index contributed by atoms with van der Waals surface area (Å²) in [6, 6.07) is 0. The topological polar surface area (TPSA) is 81.2 Å². The van der Waals surface area contributed by atoms with Crippen LogP contribution in [0.15, 0.2) is 12.4 Å². The molecule has 6 nitrogen and oxygen atoms in total. The number of hydrogen-bond acceptors (Lipinski definition) is 4. The summed E-state index contributed by atoms with van der Waals surface area (Å²) in [5.74, 6) is 0.479. The summed E-state index contributed by atoms with van der Waals surface area (Å²) >= 11 is 0. The molecule has 112 valence electrons. The van der Waals surface area contributed by atoms with Crippen LogP contribution in [-0.2, 0) is 16.6 Å². The van der Waals surface area contributed by atoms with Gasteiger partial charge in [0, 0.05) is 25.8 Å². The molecule has 1 aliphatic rings. The van der Waals surface area contributed by atoms with E-state index in [0.29, 0.717) is 24.7 Å². The van der Waals surface area contributed by atoms with Gasteiger partial charge in [-0.2, -0.15) is 5.10 Å². The summed E-state index contributed by atoms with van der Waals surface area (Å²) in [5, 5.41) is 4.14. The van der Waals surface area contributed by atoms with Crippen LogP contribution in [0.25, 0.3) is 0 Å². The van der Waals surface area contributed by atoms with Crippen molar-refractivity contribution in [1.29, 1.82) is 0 Å². The molecule has 1 aliphatic heterocycles. The van der Waals surface area contributed by atoms with Crippen molar-refractivity contribution in [2.24, 2.45) is 5.92 Å². The molecule has 9 heteroatoms. The van der Waals surface area contributed by atoms with Crippen LogP contribution in [0, 0.1) is 5.92 Å². The fourth-order valence-corrected chi connectivity index (χ4v) is 3.04. The Balaban J connectivity index is 0.00000162. The maximum Gasteiger partial charge on any atom is 0.211 e. The molecule has 1 aromatic heterocycles. The summed E-state index contributed by atoms with van der Waals surface area (Å²) in [6.07, 6.45) is 6.47. The highest BCUT2D eigenvalue weighted by atomic mass is 35.5. The third kappa shape index (κ3) is 5.18. The van der Waals surface area contributed by atoms with Gasteiger partial charge in [0.05, 0.1) is 18.1 Å². The highest BCUT2D eigenvalue weighted by Crippen LogP contribution is 2.20. The second kappa shape index (κ2) is 7.33. The number of aromatic nitrogens is 2. The molecule has 2 N–H and O–H groups in total. The molecule has 0 radical (unpaired) electrons. The molecular weight excluding hydrogens is 311 g/mol. The van der Waals surface area contributed by atoms with Crippen molar-refractivity contribution < 1.29 is 8.42 Å². The fraction of sp³-hybridized carbons (Fsp3) is 0.700. The number of nitrogen functional groups attached to an aromatic ring is 1. The van der Waals surface area contributed by atoms with Crippen LogP contribution < -0.4 is 5.73 Å². The molecule has 2 rings (SSSR count). The number of halogens is 2. The molecule has 0 aromatic carbocycles. The van der Waals surface area contributed by atoms with Gasteiger partial charge in [-0.25, -0.2) is 12.7 Å². The van der Waals surface area contributed by atoms with Crippen molar-refractivity contribution in [1.82, 2.24) is 14.1 Å². The number of hydrogen-bond donors (Lipinski definition) is 1. The van der Waals surface area contributed by atoms with E-state index in [1.165, 1.54) is 6.26 Å². The summed E-state index contributed by atoms with van der Waals surface area (Å²) < 4.78 is 26.1. The number of anilines is 1. The van der Waals surface area contributed by atoms with Crippen LogP contribution in [0.2, 0.25) is 0 Å². The van der Waals surface area contributed by atoms with E-state index in [1.807, 2.05) is 10.9 Å². The lowest BCUT2D eigenvalue weighted by molar-refractivity contribution is 0.248. The van der Waals surface area contributed by atoms with E-state index in [0.717, 1.165) is 19.4 Å².